The molecule has 0 fully saturated rings. The summed E-state index contributed by atoms with van der Waals surface area (Å²) in [6.07, 6.45) is 0. The lowest BCUT2D eigenvalue weighted by atomic mass is 10.0. The summed E-state index contributed by atoms with van der Waals surface area (Å²) in [7, 11) is -3.31. The first-order valence-electron chi connectivity index (χ1n) is 5.86. The first-order valence-corrected chi connectivity index (χ1v) is 7.41. The minimum absolute atomic E-state index is 0.353. The largest absolute Gasteiger partial charge is 0.327 e. The number of hydrogen-bond donors (Lipinski definition) is 1. The van der Waals surface area contributed by atoms with Gasteiger partial charge in [-0.1, -0.05) is 26.0 Å². The van der Waals surface area contributed by atoms with Crippen LogP contribution in [-0.2, 0) is 9.84 Å². The molecule has 2 unspecified atom stereocenters. The molecule has 0 saturated heterocycles. The fourth-order valence-electron chi connectivity index (χ4n) is 1.54. The molecular formula is C13H21NO2S. The first-order chi connectivity index (χ1) is 7.76. The Bertz CT molecular complexity index is 461. The third kappa shape index (κ3) is 3.07. The van der Waals surface area contributed by atoms with Crippen molar-refractivity contribution in [1.82, 2.24) is 0 Å². The Labute approximate surface area is 104 Å². The van der Waals surface area contributed by atoms with E-state index < -0.39 is 15.1 Å². The van der Waals surface area contributed by atoms with Crippen LogP contribution in [0.15, 0.2) is 29.2 Å². The zero-order valence-corrected chi connectivity index (χ0v) is 11.7. The van der Waals surface area contributed by atoms with E-state index in [9.17, 15) is 8.42 Å². The minimum atomic E-state index is -3.31. The number of sulfone groups is 1. The second-order valence-corrected chi connectivity index (χ2v) is 7.14. The smallest absolute Gasteiger partial charge is 0.182 e. The van der Waals surface area contributed by atoms with Crippen LogP contribution in [-0.4, -0.2) is 19.7 Å². The summed E-state index contributed by atoms with van der Waals surface area (Å²) >= 11 is 0. The van der Waals surface area contributed by atoms with E-state index in [0.717, 1.165) is 5.56 Å². The highest BCUT2D eigenvalue weighted by atomic mass is 32.2. The van der Waals surface area contributed by atoms with Gasteiger partial charge >= 0.3 is 0 Å². The normalized spacial score (nSPS) is 15.9. The standard InChI is InChI=1S/C13H21NO2S/c1-9(2)12-5-7-13(8-6-12)17(15,16)11(4)10(3)14/h5-11H,14H2,1-4H3. The van der Waals surface area contributed by atoms with Crippen LogP contribution in [0.5, 0.6) is 0 Å². The van der Waals surface area contributed by atoms with E-state index >= 15 is 0 Å². The van der Waals surface area contributed by atoms with Gasteiger partial charge in [-0.15, -0.1) is 0 Å². The Morgan fingerprint density at radius 3 is 1.82 bits per heavy atom. The van der Waals surface area contributed by atoms with E-state index in [0.29, 0.717) is 10.8 Å². The zero-order valence-electron chi connectivity index (χ0n) is 10.8. The van der Waals surface area contributed by atoms with Crippen molar-refractivity contribution in [1.29, 1.82) is 0 Å². The molecule has 3 nitrogen and oxygen atoms in total. The van der Waals surface area contributed by atoms with E-state index in [1.54, 1.807) is 26.0 Å². The van der Waals surface area contributed by atoms with Crippen molar-refractivity contribution in [3.63, 3.8) is 0 Å². The average Bonchev–Trinajstić information content (AvgIpc) is 2.27. The summed E-state index contributed by atoms with van der Waals surface area (Å²) < 4.78 is 24.3. The quantitative estimate of drug-likeness (QED) is 0.898. The van der Waals surface area contributed by atoms with Gasteiger partial charge < -0.3 is 5.73 Å². The van der Waals surface area contributed by atoms with Crippen molar-refractivity contribution in [2.75, 3.05) is 0 Å². The predicted octanol–water partition coefficient (Wildman–Crippen LogP) is 2.32. The van der Waals surface area contributed by atoms with Crippen molar-refractivity contribution in [2.45, 2.75) is 49.8 Å². The Balaban J connectivity index is 3.09. The van der Waals surface area contributed by atoms with Crippen LogP contribution < -0.4 is 5.73 Å². The number of rotatable bonds is 4. The van der Waals surface area contributed by atoms with Gasteiger partial charge in [0.15, 0.2) is 9.84 Å². The third-order valence-electron chi connectivity index (χ3n) is 3.11. The van der Waals surface area contributed by atoms with Crippen molar-refractivity contribution in [3.8, 4) is 0 Å². The van der Waals surface area contributed by atoms with E-state index in [1.807, 2.05) is 12.1 Å². The molecule has 4 heteroatoms. The molecule has 2 N–H and O–H groups in total. The predicted molar refractivity (Wildman–Crippen MR) is 70.8 cm³/mol. The summed E-state index contributed by atoms with van der Waals surface area (Å²) in [6, 6.07) is 6.70. The lowest BCUT2D eigenvalue weighted by molar-refractivity contribution is 0.568. The van der Waals surface area contributed by atoms with Gasteiger partial charge in [-0.25, -0.2) is 8.42 Å². The van der Waals surface area contributed by atoms with Gasteiger partial charge in [0, 0.05) is 6.04 Å². The Morgan fingerprint density at radius 2 is 1.47 bits per heavy atom. The SMILES string of the molecule is CC(C)c1ccc(S(=O)(=O)C(C)C(C)N)cc1. The second kappa shape index (κ2) is 5.19. The maximum atomic E-state index is 12.2. The van der Waals surface area contributed by atoms with E-state index in [-0.39, 0.29) is 6.04 Å². The van der Waals surface area contributed by atoms with E-state index in [2.05, 4.69) is 13.8 Å². The van der Waals surface area contributed by atoms with Gasteiger partial charge in [0.25, 0.3) is 0 Å². The van der Waals surface area contributed by atoms with Crippen LogP contribution >= 0.6 is 0 Å². The summed E-state index contributed by atoms with van der Waals surface area (Å²) in [5.74, 6) is 0.401. The Kier molecular flexibility index (Phi) is 4.33. The molecule has 1 aromatic rings. The number of nitrogens with two attached hydrogens (primary N) is 1. The van der Waals surface area contributed by atoms with Gasteiger partial charge in [-0.05, 0) is 37.5 Å². The Hall–Kier alpha value is -0.870. The summed E-state index contributed by atoms with van der Waals surface area (Å²) in [4.78, 5) is 0.353. The first kappa shape index (κ1) is 14.2. The molecule has 0 radical (unpaired) electrons. The van der Waals surface area contributed by atoms with E-state index in [4.69, 9.17) is 5.73 Å². The van der Waals surface area contributed by atoms with Gasteiger partial charge in [0.05, 0.1) is 10.1 Å². The van der Waals surface area contributed by atoms with Gasteiger partial charge in [-0.2, -0.15) is 0 Å². The maximum Gasteiger partial charge on any atom is 0.182 e. The summed E-state index contributed by atoms with van der Waals surface area (Å²) in [6.45, 7) is 7.52. The van der Waals surface area contributed by atoms with Crippen LogP contribution in [0.1, 0.15) is 39.2 Å². The monoisotopic (exact) mass is 255 g/mol. The van der Waals surface area contributed by atoms with Crippen LogP contribution in [0, 0.1) is 0 Å². The highest BCUT2D eigenvalue weighted by Crippen LogP contribution is 2.21. The molecule has 0 aliphatic carbocycles. The molecule has 1 aromatic carbocycles. The fraction of sp³-hybridized carbons (Fsp3) is 0.538. The van der Waals surface area contributed by atoms with Crippen molar-refractivity contribution >= 4 is 9.84 Å². The van der Waals surface area contributed by atoms with Gasteiger partial charge in [-0.3, -0.25) is 0 Å². The van der Waals surface area contributed by atoms with Crippen LogP contribution in [0.25, 0.3) is 0 Å². The lowest BCUT2D eigenvalue weighted by Gasteiger charge is -2.17. The topological polar surface area (TPSA) is 60.2 Å². The highest BCUT2D eigenvalue weighted by Gasteiger charge is 2.26. The second-order valence-electron chi connectivity index (χ2n) is 4.83. The summed E-state index contributed by atoms with van der Waals surface area (Å²) in [5.41, 5.74) is 6.79. The molecule has 0 spiro atoms. The molecular weight excluding hydrogens is 234 g/mol. The minimum Gasteiger partial charge on any atom is -0.327 e. The lowest BCUT2D eigenvalue weighted by Crippen LogP contribution is -2.35. The van der Waals surface area contributed by atoms with Crippen molar-refractivity contribution in [3.05, 3.63) is 29.8 Å². The van der Waals surface area contributed by atoms with Gasteiger partial charge in [0.2, 0.25) is 0 Å². The number of hydrogen-bond acceptors (Lipinski definition) is 3. The summed E-state index contributed by atoms with van der Waals surface area (Å²) in [5, 5.41) is -0.563. The molecule has 0 aliphatic heterocycles. The van der Waals surface area contributed by atoms with Crippen LogP contribution in [0.2, 0.25) is 0 Å². The van der Waals surface area contributed by atoms with E-state index in [1.165, 1.54) is 0 Å². The molecule has 96 valence electrons. The molecule has 0 aromatic heterocycles. The molecule has 0 heterocycles. The van der Waals surface area contributed by atoms with Crippen LogP contribution in [0.4, 0.5) is 0 Å². The number of benzene rings is 1. The fourth-order valence-corrected chi connectivity index (χ4v) is 3.05. The zero-order chi connectivity index (χ0) is 13.2. The van der Waals surface area contributed by atoms with Crippen molar-refractivity contribution in [2.24, 2.45) is 5.73 Å². The Morgan fingerprint density at radius 1 is 1.00 bits per heavy atom. The van der Waals surface area contributed by atoms with Crippen molar-refractivity contribution < 1.29 is 8.42 Å². The molecule has 17 heavy (non-hydrogen) atoms. The van der Waals surface area contributed by atoms with Gasteiger partial charge in [0.1, 0.15) is 0 Å². The average molecular weight is 255 g/mol. The molecule has 0 aliphatic rings. The molecule has 0 bridgehead atoms. The molecule has 2 atom stereocenters. The molecule has 0 saturated carbocycles. The highest BCUT2D eigenvalue weighted by molar-refractivity contribution is 7.92. The third-order valence-corrected chi connectivity index (χ3v) is 5.44. The van der Waals surface area contributed by atoms with Crippen LogP contribution in [0.3, 0.4) is 0 Å². The molecule has 1 rings (SSSR count). The molecule has 0 amide bonds. The maximum absolute atomic E-state index is 12.2.